The molecule has 1 aromatic heterocycles. The Kier molecular flexibility index (Phi) is 3.84. The zero-order valence-corrected chi connectivity index (χ0v) is 10.1. The molecule has 1 atom stereocenters. The second-order valence-corrected chi connectivity index (χ2v) is 4.33. The molecule has 1 aliphatic rings. The normalized spacial score (nSPS) is 22.5. The van der Waals surface area contributed by atoms with E-state index in [1.165, 1.54) is 17.6 Å². The SMILES string of the molecule is CCNC1CCCN(Cc2nnn(C)n2)C1. The summed E-state index contributed by atoms with van der Waals surface area (Å²) in [5.74, 6) is 0.819. The first-order valence-corrected chi connectivity index (χ1v) is 5.96. The number of likely N-dealkylation sites (tertiary alicyclic amines) is 1. The van der Waals surface area contributed by atoms with Crippen LogP contribution in [0.15, 0.2) is 0 Å². The van der Waals surface area contributed by atoms with Crippen LogP contribution in [-0.4, -0.2) is 50.8 Å². The van der Waals surface area contributed by atoms with Gasteiger partial charge in [0, 0.05) is 12.6 Å². The Labute approximate surface area is 96.0 Å². The highest BCUT2D eigenvalue weighted by Crippen LogP contribution is 2.11. The lowest BCUT2D eigenvalue weighted by atomic mass is 10.1. The van der Waals surface area contributed by atoms with Gasteiger partial charge in [0.1, 0.15) is 0 Å². The Morgan fingerprint density at radius 3 is 3.06 bits per heavy atom. The molecule has 1 unspecified atom stereocenters. The predicted octanol–water partition coefficient (Wildman–Crippen LogP) is -0.216. The molecule has 2 rings (SSSR count). The van der Waals surface area contributed by atoms with Crippen LogP contribution in [0.2, 0.25) is 0 Å². The standard InChI is InChI=1S/C10H20N6/c1-3-11-9-5-4-6-16(7-9)8-10-12-14-15(2)13-10/h9,11H,3-8H2,1-2H3. The second kappa shape index (κ2) is 5.36. The topological polar surface area (TPSA) is 58.9 Å². The van der Waals surface area contributed by atoms with Gasteiger partial charge in [-0.3, -0.25) is 4.90 Å². The van der Waals surface area contributed by atoms with Crippen molar-refractivity contribution in [3.8, 4) is 0 Å². The minimum absolute atomic E-state index is 0.621. The summed E-state index contributed by atoms with van der Waals surface area (Å²) in [5, 5.41) is 15.6. The molecule has 1 fully saturated rings. The van der Waals surface area contributed by atoms with Crippen LogP contribution in [0.25, 0.3) is 0 Å². The van der Waals surface area contributed by atoms with Crippen molar-refractivity contribution in [3.63, 3.8) is 0 Å². The van der Waals surface area contributed by atoms with E-state index in [1.54, 1.807) is 7.05 Å². The van der Waals surface area contributed by atoms with E-state index >= 15 is 0 Å². The fraction of sp³-hybridized carbons (Fsp3) is 0.900. The molecule has 0 aromatic carbocycles. The molecule has 0 bridgehead atoms. The number of aryl methyl sites for hydroxylation is 1. The Morgan fingerprint density at radius 1 is 1.50 bits per heavy atom. The summed E-state index contributed by atoms with van der Waals surface area (Å²) in [7, 11) is 1.80. The molecule has 0 spiro atoms. The number of aromatic nitrogens is 4. The Hall–Kier alpha value is -1.01. The molecule has 16 heavy (non-hydrogen) atoms. The van der Waals surface area contributed by atoms with Crippen molar-refractivity contribution in [2.45, 2.75) is 32.4 Å². The molecule has 1 saturated heterocycles. The smallest absolute Gasteiger partial charge is 0.188 e. The number of nitrogens with one attached hydrogen (secondary N) is 1. The maximum Gasteiger partial charge on any atom is 0.188 e. The average molecular weight is 224 g/mol. The Bertz CT molecular complexity index is 321. The molecule has 6 heteroatoms. The van der Waals surface area contributed by atoms with Crippen LogP contribution in [0.1, 0.15) is 25.6 Å². The number of hydrogen-bond donors (Lipinski definition) is 1. The van der Waals surface area contributed by atoms with E-state index in [2.05, 4.69) is 32.6 Å². The second-order valence-electron chi connectivity index (χ2n) is 4.33. The molecule has 6 nitrogen and oxygen atoms in total. The minimum atomic E-state index is 0.621. The molecular weight excluding hydrogens is 204 g/mol. The predicted molar refractivity (Wildman–Crippen MR) is 60.8 cm³/mol. The first-order chi connectivity index (χ1) is 7.78. The van der Waals surface area contributed by atoms with Crippen molar-refractivity contribution >= 4 is 0 Å². The number of tetrazole rings is 1. The average Bonchev–Trinajstić information content (AvgIpc) is 2.65. The third-order valence-electron chi connectivity index (χ3n) is 2.91. The Morgan fingerprint density at radius 2 is 2.38 bits per heavy atom. The van der Waals surface area contributed by atoms with Gasteiger partial charge in [0.2, 0.25) is 0 Å². The van der Waals surface area contributed by atoms with Gasteiger partial charge in [-0.25, -0.2) is 0 Å². The van der Waals surface area contributed by atoms with E-state index < -0.39 is 0 Å². The molecule has 2 heterocycles. The summed E-state index contributed by atoms with van der Waals surface area (Å²) in [6, 6.07) is 0.621. The van der Waals surface area contributed by atoms with Crippen molar-refractivity contribution in [2.75, 3.05) is 19.6 Å². The van der Waals surface area contributed by atoms with Crippen LogP contribution in [-0.2, 0) is 13.6 Å². The molecule has 1 aromatic rings. The largest absolute Gasteiger partial charge is 0.313 e. The lowest BCUT2D eigenvalue weighted by molar-refractivity contribution is 0.180. The van der Waals surface area contributed by atoms with Crippen molar-refractivity contribution < 1.29 is 0 Å². The molecular formula is C10H20N6. The van der Waals surface area contributed by atoms with Gasteiger partial charge in [-0.05, 0) is 31.1 Å². The maximum absolute atomic E-state index is 4.21. The van der Waals surface area contributed by atoms with E-state index in [-0.39, 0.29) is 0 Å². The number of hydrogen-bond acceptors (Lipinski definition) is 5. The van der Waals surface area contributed by atoms with Crippen LogP contribution >= 0.6 is 0 Å². The quantitative estimate of drug-likeness (QED) is 0.766. The number of piperidine rings is 1. The highest BCUT2D eigenvalue weighted by Gasteiger charge is 2.20. The van der Waals surface area contributed by atoms with Crippen LogP contribution in [0.4, 0.5) is 0 Å². The maximum atomic E-state index is 4.21. The van der Waals surface area contributed by atoms with Crippen molar-refractivity contribution in [1.29, 1.82) is 0 Å². The fourth-order valence-electron chi connectivity index (χ4n) is 2.24. The molecule has 0 aliphatic carbocycles. The van der Waals surface area contributed by atoms with E-state index in [9.17, 15) is 0 Å². The summed E-state index contributed by atoms with van der Waals surface area (Å²) < 4.78 is 0. The van der Waals surface area contributed by atoms with E-state index in [1.807, 2.05) is 0 Å². The summed E-state index contributed by atoms with van der Waals surface area (Å²) in [4.78, 5) is 3.91. The number of rotatable bonds is 4. The summed E-state index contributed by atoms with van der Waals surface area (Å²) >= 11 is 0. The van der Waals surface area contributed by atoms with Gasteiger partial charge in [0.05, 0.1) is 13.6 Å². The zero-order valence-electron chi connectivity index (χ0n) is 10.1. The van der Waals surface area contributed by atoms with Crippen molar-refractivity contribution in [2.24, 2.45) is 7.05 Å². The molecule has 1 aliphatic heterocycles. The van der Waals surface area contributed by atoms with E-state index in [0.717, 1.165) is 32.0 Å². The highest BCUT2D eigenvalue weighted by molar-refractivity contribution is 4.83. The van der Waals surface area contributed by atoms with Crippen molar-refractivity contribution in [3.05, 3.63) is 5.82 Å². The molecule has 0 saturated carbocycles. The number of nitrogens with zero attached hydrogens (tertiary/aromatic N) is 5. The third kappa shape index (κ3) is 2.99. The van der Waals surface area contributed by atoms with Crippen LogP contribution < -0.4 is 5.32 Å². The van der Waals surface area contributed by atoms with Gasteiger partial charge in [-0.2, -0.15) is 4.80 Å². The van der Waals surface area contributed by atoms with Crippen molar-refractivity contribution in [1.82, 2.24) is 30.4 Å². The lowest BCUT2D eigenvalue weighted by Crippen LogP contribution is -2.45. The molecule has 1 N–H and O–H groups in total. The lowest BCUT2D eigenvalue weighted by Gasteiger charge is -2.32. The van der Waals surface area contributed by atoms with Gasteiger partial charge in [0.25, 0.3) is 0 Å². The molecule has 0 amide bonds. The van der Waals surface area contributed by atoms with Crippen LogP contribution in [0.3, 0.4) is 0 Å². The zero-order chi connectivity index (χ0) is 11.4. The first-order valence-electron chi connectivity index (χ1n) is 5.96. The molecule has 0 radical (unpaired) electrons. The van der Waals surface area contributed by atoms with Crippen LogP contribution in [0, 0.1) is 0 Å². The fourth-order valence-corrected chi connectivity index (χ4v) is 2.24. The van der Waals surface area contributed by atoms with E-state index in [4.69, 9.17) is 0 Å². The summed E-state index contributed by atoms with van der Waals surface area (Å²) in [6.45, 7) is 6.24. The Balaban J connectivity index is 1.85. The highest BCUT2D eigenvalue weighted by atomic mass is 15.6. The van der Waals surface area contributed by atoms with Gasteiger partial charge >= 0.3 is 0 Å². The van der Waals surface area contributed by atoms with Gasteiger partial charge in [0.15, 0.2) is 5.82 Å². The minimum Gasteiger partial charge on any atom is -0.313 e. The van der Waals surface area contributed by atoms with Gasteiger partial charge in [-0.1, -0.05) is 6.92 Å². The first kappa shape index (κ1) is 11.5. The van der Waals surface area contributed by atoms with Gasteiger partial charge in [-0.15, -0.1) is 10.2 Å². The summed E-state index contributed by atoms with van der Waals surface area (Å²) in [5.41, 5.74) is 0. The van der Waals surface area contributed by atoms with Crippen LogP contribution in [0.5, 0.6) is 0 Å². The third-order valence-corrected chi connectivity index (χ3v) is 2.91. The van der Waals surface area contributed by atoms with Gasteiger partial charge < -0.3 is 5.32 Å². The molecule has 90 valence electrons. The van der Waals surface area contributed by atoms with E-state index in [0.29, 0.717) is 6.04 Å². The summed E-state index contributed by atoms with van der Waals surface area (Å²) in [6.07, 6.45) is 2.52. The number of likely N-dealkylation sites (N-methyl/N-ethyl adjacent to an activating group) is 1. The monoisotopic (exact) mass is 224 g/mol.